The third-order valence-electron chi connectivity index (χ3n) is 4.33. The summed E-state index contributed by atoms with van der Waals surface area (Å²) < 4.78 is 14.9. The molecule has 3 aromatic rings. The van der Waals surface area contributed by atoms with Gasteiger partial charge in [0, 0.05) is 17.3 Å². The highest BCUT2D eigenvalue weighted by Crippen LogP contribution is 2.17. The van der Waals surface area contributed by atoms with Gasteiger partial charge in [0.25, 0.3) is 11.5 Å². The molecule has 136 valence electrons. The number of rotatable bonds is 2. The number of hydrogen-bond acceptors (Lipinski definition) is 4. The fourth-order valence-electron chi connectivity index (χ4n) is 3.10. The molecule has 4 rings (SSSR count). The summed E-state index contributed by atoms with van der Waals surface area (Å²) in [6.45, 7) is 3.78. The standard InChI is InChI=1S/C20H18FN5O/c1-12-4-3-5-16(10-12)23-19-24-18(14-6-8-15(21)9-7-14)26-17(27)11-13(2)22-20(26)25-19/h3-11,18H,1-2H3,(H2,22,23,24,25)/p+1. The molecule has 2 aromatic carbocycles. The van der Waals surface area contributed by atoms with Gasteiger partial charge in [-0.15, -0.1) is 0 Å². The molecule has 0 saturated carbocycles. The van der Waals surface area contributed by atoms with Crippen LogP contribution in [0.2, 0.25) is 0 Å². The molecule has 6 nitrogen and oxygen atoms in total. The molecule has 7 heteroatoms. The first-order valence-electron chi connectivity index (χ1n) is 8.59. The Bertz CT molecular complexity index is 1090. The van der Waals surface area contributed by atoms with Crippen molar-refractivity contribution in [2.45, 2.75) is 20.0 Å². The smallest absolute Gasteiger partial charge is 0.269 e. The van der Waals surface area contributed by atoms with Gasteiger partial charge >= 0.3 is 5.96 Å². The number of aromatic nitrogens is 2. The van der Waals surface area contributed by atoms with E-state index in [1.54, 1.807) is 19.1 Å². The van der Waals surface area contributed by atoms with Gasteiger partial charge in [-0.2, -0.15) is 0 Å². The van der Waals surface area contributed by atoms with Gasteiger partial charge < -0.3 is 0 Å². The van der Waals surface area contributed by atoms with E-state index in [1.165, 1.54) is 22.8 Å². The van der Waals surface area contributed by atoms with E-state index in [1.807, 2.05) is 31.2 Å². The molecule has 1 aliphatic rings. The molecular formula is C20H19FN5O+. The number of fused-ring (bicyclic) bond motifs is 1. The second-order valence-corrected chi connectivity index (χ2v) is 6.52. The number of hydrogen-bond donors (Lipinski definition) is 3. The third-order valence-corrected chi connectivity index (χ3v) is 4.33. The van der Waals surface area contributed by atoms with Crippen molar-refractivity contribution in [3.63, 3.8) is 0 Å². The number of benzene rings is 2. The molecule has 1 unspecified atom stereocenters. The Morgan fingerprint density at radius 1 is 1.15 bits per heavy atom. The zero-order valence-corrected chi connectivity index (χ0v) is 15.0. The van der Waals surface area contributed by atoms with Gasteiger partial charge in [-0.3, -0.25) is 9.79 Å². The molecule has 0 amide bonds. The molecule has 1 atom stereocenters. The normalized spacial score (nSPS) is 15.5. The highest BCUT2D eigenvalue weighted by molar-refractivity contribution is 5.99. The van der Waals surface area contributed by atoms with Crippen LogP contribution in [0.1, 0.15) is 23.0 Å². The minimum atomic E-state index is -0.519. The first-order chi connectivity index (χ1) is 13.0. The van der Waals surface area contributed by atoms with Gasteiger partial charge in [0.15, 0.2) is 6.17 Å². The monoisotopic (exact) mass is 364 g/mol. The van der Waals surface area contributed by atoms with Crippen LogP contribution in [0.3, 0.4) is 0 Å². The Kier molecular flexibility index (Phi) is 4.19. The first-order valence-corrected chi connectivity index (χ1v) is 8.59. The summed E-state index contributed by atoms with van der Waals surface area (Å²) in [5.41, 5.74) is 3.19. The van der Waals surface area contributed by atoms with Gasteiger partial charge in [0.05, 0.1) is 5.69 Å². The molecule has 0 spiro atoms. The Labute approximate surface area is 155 Å². The maximum absolute atomic E-state index is 13.4. The summed E-state index contributed by atoms with van der Waals surface area (Å²) >= 11 is 0. The maximum atomic E-state index is 13.4. The number of aryl methyl sites for hydroxylation is 2. The predicted molar refractivity (Wildman–Crippen MR) is 102 cm³/mol. The molecule has 0 saturated heterocycles. The van der Waals surface area contributed by atoms with E-state index in [9.17, 15) is 9.18 Å². The number of nitrogens with one attached hydrogen (secondary N) is 3. The molecule has 0 fully saturated rings. The minimum Gasteiger partial charge on any atom is -0.269 e. The minimum absolute atomic E-state index is 0.193. The van der Waals surface area contributed by atoms with Gasteiger partial charge in [0.2, 0.25) is 0 Å². The number of nitrogens with zero attached hydrogens (tertiary/aromatic N) is 2. The lowest BCUT2D eigenvalue weighted by atomic mass is 10.1. The van der Waals surface area contributed by atoms with Gasteiger partial charge in [-0.1, -0.05) is 24.3 Å². The Morgan fingerprint density at radius 3 is 2.67 bits per heavy atom. The quantitative estimate of drug-likeness (QED) is 0.645. The summed E-state index contributed by atoms with van der Waals surface area (Å²) in [6.07, 6.45) is -0.519. The van der Waals surface area contributed by atoms with E-state index in [-0.39, 0.29) is 11.4 Å². The highest BCUT2D eigenvalue weighted by Gasteiger charge is 2.29. The zero-order valence-electron chi connectivity index (χ0n) is 15.0. The molecule has 0 aliphatic carbocycles. The van der Waals surface area contributed by atoms with Crippen molar-refractivity contribution in [3.8, 4) is 0 Å². The van der Waals surface area contributed by atoms with E-state index < -0.39 is 6.17 Å². The summed E-state index contributed by atoms with van der Waals surface area (Å²) in [4.78, 5) is 20.3. The number of anilines is 2. The summed E-state index contributed by atoms with van der Waals surface area (Å²) in [5.74, 6) is 0.681. The van der Waals surface area contributed by atoms with Crippen LogP contribution in [0.15, 0.2) is 59.4 Å². The van der Waals surface area contributed by atoms with E-state index in [0.29, 0.717) is 17.6 Å². The topological polar surface area (TPSA) is 72.9 Å². The predicted octanol–water partition coefficient (Wildman–Crippen LogP) is 1.52. The molecule has 2 heterocycles. The molecular weight excluding hydrogens is 345 g/mol. The van der Waals surface area contributed by atoms with Crippen molar-refractivity contribution in [1.29, 1.82) is 0 Å². The third kappa shape index (κ3) is 3.44. The SMILES string of the molecule is Cc1cccc(NC2=[NH+]C(c3ccc(F)cc3)n3c(nc(C)cc3=O)N2)c1. The molecule has 0 radical (unpaired) electrons. The Morgan fingerprint density at radius 2 is 1.93 bits per heavy atom. The van der Waals surface area contributed by atoms with Crippen molar-refractivity contribution in [3.05, 3.63) is 87.6 Å². The summed E-state index contributed by atoms with van der Waals surface area (Å²) in [6, 6.07) is 15.5. The van der Waals surface area contributed by atoms with E-state index >= 15 is 0 Å². The van der Waals surface area contributed by atoms with Crippen LogP contribution in [0, 0.1) is 19.7 Å². The molecule has 3 N–H and O–H groups in total. The molecule has 27 heavy (non-hydrogen) atoms. The summed E-state index contributed by atoms with van der Waals surface area (Å²) in [7, 11) is 0. The second kappa shape index (κ2) is 6.68. The van der Waals surface area contributed by atoms with Crippen molar-refractivity contribution >= 4 is 17.6 Å². The van der Waals surface area contributed by atoms with Crippen molar-refractivity contribution < 1.29 is 9.38 Å². The zero-order chi connectivity index (χ0) is 19.0. The highest BCUT2D eigenvalue weighted by atomic mass is 19.1. The van der Waals surface area contributed by atoms with E-state index in [0.717, 1.165) is 16.8 Å². The van der Waals surface area contributed by atoms with Gasteiger partial charge in [0.1, 0.15) is 5.82 Å². The Hall–Kier alpha value is -3.48. The molecule has 1 aromatic heterocycles. The van der Waals surface area contributed by atoms with Crippen LogP contribution in [-0.4, -0.2) is 15.5 Å². The maximum Gasteiger partial charge on any atom is 0.357 e. The molecule has 0 bridgehead atoms. The van der Waals surface area contributed by atoms with Crippen LogP contribution in [0.4, 0.5) is 16.0 Å². The lowest BCUT2D eigenvalue weighted by molar-refractivity contribution is -0.520. The number of guanidine groups is 1. The Balaban J connectivity index is 1.80. The fourth-order valence-corrected chi connectivity index (χ4v) is 3.10. The van der Waals surface area contributed by atoms with Crippen molar-refractivity contribution in [2.75, 3.05) is 10.6 Å². The van der Waals surface area contributed by atoms with Gasteiger partial charge in [-0.25, -0.2) is 24.6 Å². The molecule has 1 aliphatic heterocycles. The number of halogens is 1. The second-order valence-electron chi connectivity index (χ2n) is 6.52. The average Bonchev–Trinajstić information content (AvgIpc) is 2.61. The lowest BCUT2D eigenvalue weighted by Gasteiger charge is -2.23. The van der Waals surface area contributed by atoms with Crippen LogP contribution >= 0.6 is 0 Å². The van der Waals surface area contributed by atoms with Crippen LogP contribution in [0.5, 0.6) is 0 Å². The van der Waals surface area contributed by atoms with E-state index in [2.05, 4.69) is 20.6 Å². The van der Waals surface area contributed by atoms with E-state index in [4.69, 9.17) is 0 Å². The largest absolute Gasteiger partial charge is 0.357 e. The van der Waals surface area contributed by atoms with Crippen LogP contribution < -0.4 is 21.2 Å². The summed E-state index contributed by atoms with van der Waals surface area (Å²) in [5, 5.41) is 6.41. The first kappa shape index (κ1) is 17.0. The lowest BCUT2D eigenvalue weighted by Crippen LogP contribution is -2.82. The average molecular weight is 364 g/mol. The van der Waals surface area contributed by atoms with Gasteiger partial charge in [-0.05, 0) is 43.7 Å². The van der Waals surface area contributed by atoms with Crippen molar-refractivity contribution in [1.82, 2.24) is 9.55 Å². The van der Waals surface area contributed by atoms with Crippen LogP contribution in [-0.2, 0) is 0 Å². The fraction of sp³-hybridized carbons (Fsp3) is 0.150. The van der Waals surface area contributed by atoms with Crippen molar-refractivity contribution in [2.24, 2.45) is 0 Å². The van der Waals surface area contributed by atoms with Crippen LogP contribution in [0.25, 0.3) is 0 Å².